The number of aliphatic hydroxyl groups excluding tert-OH is 1. The van der Waals surface area contributed by atoms with Gasteiger partial charge >= 0.3 is 5.97 Å². The number of rotatable bonds is 2. The van der Waals surface area contributed by atoms with Gasteiger partial charge in [0.05, 0.1) is 24.5 Å². The highest BCUT2D eigenvalue weighted by atomic mass is 16.5. The van der Waals surface area contributed by atoms with Crippen molar-refractivity contribution in [3.63, 3.8) is 0 Å². The third-order valence-corrected chi connectivity index (χ3v) is 5.64. The Morgan fingerprint density at radius 2 is 2.11 bits per heavy atom. The quantitative estimate of drug-likeness (QED) is 0.774. The molecule has 0 amide bonds. The van der Waals surface area contributed by atoms with Gasteiger partial charge in [0.15, 0.2) is 11.5 Å². The van der Waals surface area contributed by atoms with Gasteiger partial charge in [-0.15, -0.1) is 0 Å². The second-order valence-corrected chi connectivity index (χ2v) is 7.92. The molecule has 0 unspecified atom stereocenters. The smallest absolute Gasteiger partial charge is 0.305 e. The summed E-state index contributed by atoms with van der Waals surface area (Å²) in [5.74, 6) is 0.712. The summed E-state index contributed by atoms with van der Waals surface area (Å²) >= 11 is 0. The third kappa shape index (κ3) is 3.56. The van der Waals surface area contributed by atoms with Crippen LogP contribution >= 0.6 is 0 Å². The van der Waals surface area contributed by atoms with Gasteiger partial charge in [0.1, 0.15) is 6.10 Å². The molecule has 1 aromatic rings. The summed E-state index contributed by atoms with van der Waals surface area (Å²) in [7, 11) is 3.84. The van der Waals surface area contributed by atoms with Gasteiger partial charge in [-0.05, 0) is 31.6 Å². The average Bonchev–Trinajstić information content (AvgIpc) is 2.87. The number of hydrogen-bond donors (Lipinski definition) is 2. The summed E-state index contributed by atoms with van der Waals surface area (Å²) in [6, 6.07) is 4.16. The number of aliphatic hydroxyl groups is 1. The van der Waals surface area contributed by atoms with Crippen LogP contribution in [0.4, 0.5) is 0 Å². The van der Waals surface area contributed by atoms with Gasteiger partial charge in [-0.25, -0.2) is 0 Å². The van der Waals surface area contributed by atoms with E-state index >= 15 is 0 Å². The summed E-state index contributed by atoms with van der Waals surface area (Å²) in [5.41, 5.74) is 2.48. The van der Waals surface area contributed by atoms with E-state index in [1.165, 1.54) is 11.1 Å². The third-order valence-electron chi connectivity index (χ3n) is 5.64. The van der Waals surface area contributed by atoms with E-state index in [0.717, 1.165) is 31.0 Å². The Bertz CT molecular complexity index is 744. The van der Waals surface area contributed by atoms with Crippen LogP contribution in [0.25, 0.3) is 0 Å². The number of ether oxygens (including phenoxy) is 2. The zero-order valence-corrected chi connectivity index (χ0v) is 16.4. The first-order valence-corrected chi connectivity index (χ1v) is 9.44. The first-order chi connectivity index (χ1) is 12.8. The molecule has 2 aliphatic heterocycles. The molecule has 0 aromatic heterocycles. The number of benzene rings is 1. The van der Waals surface area contributed by atoms with Crippen LogP contribution in [0.2, 0.25) is 0 Å². The fraction of sp³-hybridized carbons (Fsp3) is 0.571. The zero-order valence-electron chi connectivity index (χ0n) is 16.4. The van der Waals surface area contributed by atoms with Crippen molar-refractivity contribution in [1.82, 2.24) is 4.90 Å². The molecule has 1 aromatic carbocycles. The fourth-order valence-corrected chi connectivity index (χ4v) is 4.08. The molecule has 1 spiro atoms. The largest absolute Gasteiger partial charge is 0.493 e. The number of hydrogen-bond acceptors (Lipinski definition) is 5. The first kappa shape index (κ1) is 19.7. The fourth-order valence-electron chi connectivity index (χ4n) is 4.08. The molecule has 1 aliphatic carbocycles. The molecule has 0 radical (unpaired) electrons. The van der Waals surface area contributed by atoms with E-state index in [-0.39, 0.29) is 17.4 Å². The molecular formula is C21H29NO5. The van der Waals surface area contributed by atoms with Crippen LogP contribution in [0.5, 0.6) is 11.5 Å². The maximum Gasteiger partial charge on any atom is 0.305 e. The molecule has 3 aliphatic rings. The second-order valence-electron chi connectivity index (χ2n) is 7.92. The highest BCUT2D eigenvalue weighted by molar-refractivity contribution is 5.68. The van der Waals surface area contributed by atoms with Gasteiger partial charge in [0.2, 0.25) is 0 Å². The van der Waals surface area contributed by atoms with Crippen LogP contribution in [0.1, 0.15) is 37.8 Å². The normalized spacial score (nSPS) is 28.4. The summed E-state index contributed by atoms with van der Waals surface area (Å²) in [5, 5.41) is 18.0. The standard InChI is InChI=1S/C17H21NO3.C4H8O2/c1-18-8-7-17-6-5-12(19)9-14(17)21-16-13(20-2)4-3-11(10-18)15(16)17;1-3(2)4(5)6/h3-6,12,14,19H,7-10H2,1-2H3;3H,1-2H3,(H,5,6)/t12-,14-,17-;/m0./s1. The molecule has 0 saturated heterocycles. The summed E-state index contributed by atoms with van der Waals surface area (Å²) < 4.78 is 11.8. The van der Waals surface area contributed by atoms with Crippen molar-refractivity contribution in [2.24, 2.45) is 5.92 Å². The lowest BCUT2D eigenvalue weighted by atomic mass is 9.69. The van der Waals surface area contributed by atoms with Crippen LogP contribution < -0.4 is 9.47 Å². The van der Waals surface area contributed by atoms with Crippen molar-refractivity contribution >= 4 is 5.97 Å². The van der Waals surface area contributed by atoms with Crippen LogP contribution in [-0.4, -0.2) is 54.0 Å². The lowest BCUT2D eigenvalue weighted by Gasteiger charge is -2.35. The molecule has 0 bridgehead atoms. The lowest BCUT2D eigenvalue weighted by molar-refractivity contribution is -0.140. The van der Waals surface area contributed by atoms with Gasteiger partial charge in [0.25, 0.3) is 0 Å². The Labute approximate surface area is 160 Å². The summed E-state index contributed by atoms with van der Waals surface area (Å²) in [6.07, 6.45) is 5.38. The van der Waals surface area contributed by atoms with Gasteiger partial charge < -0.3 is 24.6 Å². The van der Waals surface area contributed by atoms with E-state index in [0.29, 0.717) is 6.42 Å². The molecule has 3 atom stereocenters. The maximum atomic E-state index is 9.97. The molecule has 2 heterocycles. The summed E-state index contributed by atoms with van der Waals surface area (Å²) in [6.45, 7) is 5.24. The average molecular weight is 375 g/mol. The van der Waals surface area contributed by atoms with Crippen molar-refractivity contribution in [1.29, 1.82) is 0 Å². The minimum absolute atomic E-state index is 0.00838. The lowest BCUT2D eigenvalue weighted by Crippen LogP contribution is -2.42. The second kappa shape index (κ2) is 7.52. The van der Waals surface area contributed by atoms with Gasteiger partial charge in [-0.3, -0.25) is 4.79 Å². The number of methoxy groups -OCH3 is 1. The topological polar surface area (TPSA) is 79.2 Å². The Morgan fingerprint density at radius 3 is 2.74 bits per heavy atom. The minimum atomic E-state index is -0.741. The van der Waals surface area contributed by atoms with Crippen LogP contribution in [0.3, 0.4) is 0 Å². The van der Waals surface area contributed by atoms with Crippen molar-refractivity contribution in [2.45, 2.75) is 50.9 Å². The van der Waals surface area contributed by atoms with E-state index < -0.39 is 12.1 Å². The van der Waals surface area contributed by atoms with E-state index in [1.807, 2.05) is 12.1 Å². The monoisotopic (exact) mass is 375 g/mol. The van der Waals surface area contributed by atoms with Crippen LogP contribution in [0, 0.1) is 5.92 Å². The molecule has 6 nitrogen and oxygen atoms in total. The number of nitrogens with zero attached hydrogens (tertiary/aromatic N) is 1. The van der Waals surface area contributed by atoms with E-state index in [2.05, 4.69) is 24.1 Å². The van der Waals surface area contributed by atoms with Crippen molar-refractivity contribution in [2.75, 3.05) is 20.7 Å². The molecule has 27 heavy (non-hydrogen) atoms. The van der Waals surface area contributed by atoms with Crippen molar-refractivity contribution < 1.29 is 24.5 Å². The summed E-state index contributed by atoms with van der Waals surface area (Å²) in [4.78, 5) is 12.1. The first-order valence-electron chi connectivity index (χ1n) is 9.44. The molecule has 4 rings (SSSR count). The molecule has 0 saturated carbocycles. The van der Waals surface area contributed by atoms with E-state index in [9.17, 15) is 9.90 Å². The molecule has 6 heteroatoms. The number of carboxylic acid groups (broad SMARTS) is 1. The Balaban J connectivity index is 0.000000307. The Kier molecular flexibility index (Phi) is 5.49. The number of carbonyl (C=O) groups is 1. The Hall–Kier alpha value is -2.05. The zero-order chi connectivity index (χ0) is 19.8. The van der Waals surface area contributed by atoms with E-state index in [1.54, 1.807) is 21.0 Å². The van der Waals surface area contributed by atoms with Gasteiger partial charge in [0, 0.05) is 18.5 Å². The molecule has 0 fully saturated rings. The SMILES string of the molecule is CC(C)C(=O)O.COc1ccc2c3c1O[C@H]1C[C@@H](O)C=C[C@@]31CCN(C)C2. The highest BCUT2D eigenvalue weighted by Crippen LogP contribution is 2.55. The van der Waals surface area contributed by atoms with Gasteiger partial charge in [-0.1, -0.05) is 32.1 Å². The van der Waals surface area contributed by atoms with Gasteiger partial charge in [-0.2, -0.15) is 0 Å². The minimum Gasteiger partial charge on any atom is -0.493 e. The van der Waals surface area contributed by atoms with Crippen molar-refractivity contribution in [3.8, 4) is 11.5 Å². The van der Waals surface area contributed by atoms with Crippen LogP contribution in [-0.2, 0) is 16.8 Å². The maximum absolute atomic E-state index is 9.97. The van der Waals surface area contributed by atoms with Crippen LogP contribution in [0.15, 0.2) is 24.3 Å². The predicted molar refractivity (Wildman–Crippen MR) is 102 cm³/mol. The molecular weight excluding hydrogens is 346 g/mol. The number of aliphatic carboxylic acids is 1. The Morgan fingerprint density at radius 1 is 1.41 bits per heavy atom. The van der Waals surface area contributed by atoms with Crippen molar-refractivity contribution in [3.05, 3.63) is 35.4 Å². The highest BCUT2D eigenvalue weighted by Gasteiger charge is 2.52. The number of carboxylic acids is 1. The molecule has 148 valence electrons. The molecule has 2 N–H and O–H groups in total. The predicted octanol–water partition coefficient (Wildman–Crippen LogP) is 2.58. The van der Waals surface area contributed by atoms with E-state index in [4.69, 9.17) is 14.6 Å².